The molecule has 1 aliphatic heterocycles. The van der Waals surface area contributed by atoms with E-state index in [1.54, 1.807) is 23.5 Å². The van der Waals surface area contributed by atoms with Gasteiger partial charge in [0.1, 0.15) is 16.9 Å². The molecule has 2 heterocycles. The summed E-state index contributed by atoms with van der Waals surface area (Å²) in [4.78, 5) is 18.5. The summed E-state index contributed by atoms with van der Waals surface area (Å²) in [6.07, 6.45) is 4.17. The molecular weight excluding hydrogens is 447 g/mol. The number of carbonyl (C=O) groups excluding carboxylic acids is 1. The molecule has 34 heavy (non-hydrogen) atoms. The first-order chi connectivity index (χ1) is 16.3. The third-order valence-corrected chi connectivity index (χ3v) is 8.94. The van der Waals surface area contributed by atoms with Crippen molar-refractivity contribution in [1.29, 1.82) is 5.26 Å². The van der Waals surface area contributed by atoms with Crippen molar-refractivity contribution < 1.29 is 9.18 Å². The highest BCUT2D eigenvalue weighted by Crippen LogP contribution is 2.45. The zero-order valence-corrected chi connectivity index (χ0v) is 21.3. The maximum atomic E-state index is 13.4. The standard InChI is InChI=1S/C27H35FN4OS/c1-4-27(2,3)20-8-9-22-23(16-29)26(34-24(22)15-20)30-25(33)18-32-12-10-31(11-13-32)17-19-6-5-7-21(28)14-19/h5-7,14,20H,4,8-13,15,17-18H2,1-3H3,(H,30,33). The second-order valence-corrected chi connectivity index (χ2v) is 11.4. The summed E-state index contributed by atoms with van der Waals surface area (Å²) in [7, 11) is 0. The van der Waals surface area contributed by atoms with E-state index < -0.39 is 0 Å². The van der Waals surface area contributed by atoms with Crippen molar-refractivity contribution in [3.05, 3.63) is 51.7 Å². The maximum Gasteiger partial charge on any atom is 0.239 e. The molecule has 7 heteroatoms. The average molecular weight is 483 g/mol. The molecule has 1 fully saturated rings. The molecule has 1 aromatic carbocycles. The number of piperazine rings is 1. The van der Waals surface area contributed by atoms with Crippen LogP contribution in [-0.4, -0.2) is 48.4 Å². The molecule has 1 saturated heterocycles. The lowest BCUT2D eigenvalue weighted by Gasteiger charge is -2.36. The minimum absolute atomic E-state index is 0.0564. The number of amides is 1. The molecule has 4 rings (SSSR count). The minimum Gasteiger partial charge on any atom is -0.315 e. The van der Waals surface area contributed by atoms with Crippen LogP contribution in [0.3, 0.4) is 0 Å². The molecule has 1 aliphatic carbocycles. The van der Waals surface area contributed by atoms with Crippen LogP contribution in [0.1, 0.15) is 55.2 Å². The van der Waals surface area contributed by atoms with Crippen molar-refractivity contribution in [2.24, 2.45) is 11.3 Å². The van der Waals surface area contributed by atoms with Crippen molar-refractivity contribution in [1.82, 2.24) is 9.80 Å². The zero-order valence-electron chi connectivity index (χ0n) is 20.5. The van der Waals surface area contributed by atoms with Crippen LogP contribution in [-0.2, 0) is 24.2 Å². The van der Waals surface area contributed by atoms with Crippen LogP contribution in [0.2, 0.25) is 0 Å². The average Bonchev–Trinajstić information content (AvgIpc) is 3.16. The number of nitrogens with one attached hydrogen (secondary N) is 1. The van der Waals surface area contributed by atoms with Gasteiger partial charge in [0.15, 0.2) is 0 Å². The fraction of sp³-hybridized carbons (Fsp3) is 0.556. The second kappa shape index (κ2) is 10.6. The van der Waals surface area contributed by atoms with E-state index in [9.17, 15) is 14.4 Å². The van der Waals surface area contributed by atoms with Gasteiger partial charge in [-0.2, -0.15) is 5.26 Å². The predicted molar refractivity (Wildman–Crippen MR) is 135 cm³/mol. The van der Waals surface area contributed by atoms with Gasteiger partial charge in [-0.05, 0) is 53.9 Å². The number of anilines is 1. The van der Waals surface area contributed by atoms with Crippen molar-refractivity contribution in [3.63, 3.8) is 0 Å². The largest absolute Gasteiger partial charge is 0.315 e. The molecule has 182 valence electrons. The van der Waals surface area contributed by atoms with Crippen LogP contribution in [0.15, 0.2) is 24.3 Å². The zero-order chi connectivity index (χ0) is 24.3. The summed E-state index contributed by atoms with van der Waals surface area (Å²) >= 11 is 1.60. The van der Waals surface area contributed by atoms with Gasteiger partial charge in [0.25, 0.3) is 0 Å². The molecule has 1 amide bonds. The normalized spacial score (nSPS) is 19.4. The summed E-state index contributed by atoms with van der Waals surface area (Å²) in [5.41, 5.74) is 3.08. The van der Waals surface area contributed by atoms with E-state index in [0.29, 0.717) is 18.0 Å². The molecule has 2 aromatic rings. The molecule has 0 bridgehead atoms. The summed E-state index contributed by atoms with van der Waals surface area (Å²) in [6, 6.07) is 9.10. The van der Waals surface area contributed by atoms with E-state index in [2.05, 4.69) is 42.0 Å². The lowest BCUT2D eigenvalue weighted by molar-refractivity contribution is -0.117. The molecule has 5 nitrogen and oxygen atoms in total. The van der Waals surface area contributed by atoms with Crippen LogP contribution in [0.4, 0.5) is 9.39 Å². The Morgan fingerprint density at radius 2 is 2.00 bits per heavy atom. The van der Waals surface area contributed by atoms with Gasteiger partial charge in [-0.15, -0.1) is 11.3 Å². The third-order valence-electron chi connectivity index (χ3n) is 7.77. The van der Waals surface area contributed by atoms with Crippen LogP contribution >= 0.6 is 11.3 Å². The fourth-order valence-corrected chi connectivity index (χ4v) is 6.41. The van der Waals surface area contributed by atoms with Crippen LogP contribution in [0.5, 0.6) is 0 Å². The highest BCUT2D eigenvalue weighted by Gasteiger charge is 2.34. The Kier molecular flexibility index (Phi) is 7.71. The minimum atomic E-state index is -0.204. The van der Waals surface area contributed by atoms with E-state index in [1.807, 2.05) is 6.07 Å². The van der Waals surface area contributed by atoms with Gasteiger partial charge in [0.2, 0.25) is 5.91 Å². The monoisotopic (exact) mass is 482 g/mol. The molecule has 0 saturated carbocycles. The highest BCUT2D eigenvalue weighted by molar-refractivity contribution is 7.16. The lowest BCUT2D eigenvalue weighted by Crippen LogP contribution is -2.48. The number of hydrogen-bond donors (Lipinski definition) is 1. The SMILES string of the molecule is CCC(C)(C)C1CCc2c(sc(NC(=O)CN3CCN(Cc4cccc(F)c4)CC3)c2C#N)C1. The van der Waals surface area contributed by atoms with E-state index >= 15 is 0 Å². The Morgan fingerprint density at radius 1 is 1.26 bits per heavy atom. The smallest absolute Gasteiger partial charge is 0.239 e. The van der Waals surface area contributed by atoms with Crippen molar-refractivity contribution in [3.8, 4) is 6.07 Å². The van der Waals surface area contributed by atoms with Crippen LogP contribution in [0.25, 0.3) is 0 Å². The molecule has 1 aromatic heterocycles. The van der Waals surface area contributed by atoms with Gasteiger partial charge in [0.05, 0.1) is 12.1 Å². The number of rotatable bonds is 7. The summed E-state index contributed by atoms with van der Waals surface area (Å²) in [5.74, 6) is 0.353. The Bertz CT molecular complexity index is 1070. The van der Waals surface area contributed by atoms with Gasteiger partial charge in [0, 0.05) is 37.6 Å². The molecule has 1 N–H and O–H groups in total. The fourth-order valence-electron chi connectivity index (χ4n) is 5.12. The number of carbonyl (C=O) groups is 1. The van der Waals surface area contributed by atoms with E-state index in [4.69, 9.17) is 0 Å². The van der Waals surface area contributed by atoms with E-state index in [0.717, 1.165) is 74.5 Å². The van der Waals surface area contributed by atoms with Crippen LogP contribution < -0.4 is 5.32 Å². The second-order valence-electron chi connectivity index (χ2n) is 10.3. The first-order valence-corrected chi connectivity index (χ1v) is 13.1. The number of halogens is 1. The predicted octanol–water partition coefficient (Wildman–Crippen LogP) is 5.06. The molecule has 1 atom stereocenters. The molecule has 0 spiro atoms. The number of benzene rings is 1. The van der Waals surface area contributed by atoms with E-state index in [1.165, 1.54) is 10.9 Å². The maximum absolute atomic E-state index is 13.4. The van der Waals surface area contributed by atoms with E-state index in [-0.39, 0.29) is 17.1 Å². The first kappa shape index (κ1) is 24.8. The lowest BCUT2D eigenvalue weighted by atomic mass is 9.69. The first-order valence-electron chi connectivity index (χ1n) is 12.3. The number of nitriles is 1. The third kappa shape index (κ3) is 5.68. The van der Waals surface area contributed by atoms with Crippen molar-refractivity contribution in [2.75, 3.05) is 38.0 Å². The quantitative estimate of drug-likeness (QED) is 0.600. The molecule has 0 radical (unpaired) electrons. The molecule has 1 unspecified atom stereocenters. The Hall–Kier alpha value is -2.27. The Labute approximate surface area is 206 Å². The Morgan fingerprint density at radius 3 is 2.68 bits per heavy atom. The van der Waals surface area contributed by atoms with Gasteiger partial charge in [-0.3, -0.25) is 14.6 Å². The molecule has 2 aliphatic rings. The Balaban J connectivity index is 1.31. The number of hydrogen-bond acceptors (Lipinski definition) is 5. The van der Waals surface area contributed by atoms with Gasteiger partial charge < -0.3 is 5.32 Å². The van der Waals surface area contributed by atoms with Gasteiger partial charge >= 0.3 is 0 Å². The van der Waals surface area contributed by atoms with Gasteiger partial charge in [-0.25, -0.2) is 4.39 Å². The summed E-state index contributed by atoms with van der Waals surface area (Å²) < 4.78 is 13.4. The topological polar surface area (TPSA) is 59.4 Å². The van der Waals surface area contributed by atoms with Crippen molar-refractivity contribution in [2.45, 2.75) is 53.0 Å². The number of thiophene rings is 1. The number of fused-ring (bicyclic) bond motifs is 1. The number of nitrogens with zero attached hydrogens (tertiary/aromatic N) is 3. The molecular formula is C27H35FN4OS. The summed E-state index contributed by atoms with van der Waals surface area (Å²) in [6.45, 7) is 11.2. The van der Waals surface area contributed by atoms with Crippen LogP contribution in [0, 0.1) is 28.5 Å². The summed E-state index contributed by atoms with van der Waals surface area (Å²) in [5, 5.41) is 13.6. The van der Waals surface area contributed by atoms with Crippen molar-refractivity contribution >= 4 is 22.2 Å². The van der Waals surface area contributed by atoms with Gasteiger partial charge in [-0.1, -0.05) is 39.3 Å². The highest BCUT2D eigenvalue weighted by atomic mass is 32.1.